The summed E-state index contributed by atoms with van der Waals surface area (Å²) in [5.41, 5.74) is -0.567. The van der Waals surface area contributed by atoms with E-state index in [1.54, 1.807) is 17.9 Å². The third-order valence-electron chi connectivity index (χ3n) is 2.92. The molecule has 1 aliphatic rings. The van der Waals surface area contributed by atoms with E-state index in [0.717, 1.165) is 4.88 Å². The molecule has 1 aromatic rings. The fourth-order valence-electron chi connectivity index (χ4n) is 1.95. The van der Waals surface area contributed by atoms with Gasteiger partial charge in [0.15, 0.2) is 0 Å². The van der Waals surface area contributed by atoms with Gasteiger partial charge in [-0.1, -0.05) is 11.6 Å². The van der Waals surface area contributed by atoms with E-state index in [-0.39, 0.29) is 12.6 Å². The van der Waals surface area contributed by atoms with Crippen LogP contribution < -0.4 is 5.32 Å². The van der Waals surface area contributed by atoms with E-state index >= 15 is 0 Å². The van der Waals surface area contributed by atoms with Crippen LogP contribution in [0.1, 0.15) is 11.8 Å². The van der Waals surface area contributed by atoms with Gasteiger partial charge in [-0.3, -0.25) is 0 Å². The average molecular weight is 319 g/mol. The number of rotatable bonds is 5. The van der Waals surface area contributed by atoms with Crippen LogP contribution in [-0.4, -0.2) is 47.3 Å². The van der Waals surface area contributed by atoms with Crippen molar-refractivity contribution in [2.45, 2.75) is 19.1 Å². The first-order chi connectivity index (χ1) is 9.38. The van der Waals surface area contributed by atoms with E-state index in [1.165, 1.54) is 11.3 Å². The minimum absolute atomic E-state index is 0.189. The van der Waals surface area contributed by atoms with Crippen molar-refractivity contribution in [1.82, 2.24) is 10.2 Å². The number of nitrogens with one attached hydrogen (secondary N) is 1. The summed E-state index contributed by atoms with van der Waals surface area (Å²) >= 11 is 7.23. The van der Waals surface area contributed by atoms with Gasteiger partial charge in [-0.05, 0) is 19.1 Å². The monoisotopic (exact) mass is 318 g/mol. The third-order valence-corrected chi connectivity index (χ3v) is 4.16. The van der Waals surface area contributed by atoms with Crippen molar-refractivity contribution < 1.29 is 19.4 Å². The number of carbonyl (C=O) groups excluding carboxylic acids is 1. The molecule has 0 aliphatic carbocycles. The van der Waals surface area contributed by atoms with Gasteiger partial charge in [0, 0.05) is 4.88 Å². The Balaban J connectivity index is 1.72. The molecule has 1 aromatic heterocycles. The molecule has 2 heterocycles. The van der Waals surface area contributed by atoms with Crippen molar-refractivity contribution in [2.24, 2.45) is 0 Å². The Morgan fingerprint density at radius 2 is 2.25 bits per heavy atom. The van der Waals surface area contributed by atoms with Crippen LogP contribution in [0.5, 0.6) is 0 Å². The Morgan fingerprint density at radius 1 is 1.55 bits per heavy atom. The molecule has 2 rings (SSSR count). The van der Waals surface area contributed by atoms with Gasteiger partial charge in [-0.15, -0.1) is 11.3 Å². The minimum atomic E-state index is -1.01. The Bertz CT molecular complexity index is 513. The number of likely N-dealkylation sites (tertiary alicyclic amines) is 1. The van der Waals surface area contributed by atoms with Gasteiger partial charge in [0.1, 0.15) is 12.2 Å². The fourth-order valence-corrected chi connectivity index (χ4v) is 2.98. The lowest BCUT2D eigenvalue weighted by Gasteiger charge is -2.46. The number of carboxylic acids is 1. The highest BCUT2D eigenvalue weighted by Gasteiger charge is 2.42. The number of aliphatic carboxylic acids is 1. The van der Waals surface area contributed by atoms with Crippen LogP contribution in [0, 0.1) is 0 Å². The largest absolute Gasteiger partial charge is 0.480 e. The summed E-state index contributed by atoms with van der Waals surface area (Å²) in [6.45, 7) is 2.65. The number of amides is 2. The van der Waals surface area contributed by atoms with Crippen molar-refractivity contribution in [3.63, 3.8) is 0 Å². The fraction of sp³-hybridized carbons (Fsp3) is 0.500. The Hall–Kier alpha value is -1.31. The van der Waals surface area contributed by atoms with Crippen LogP contribution in [0.3, 0.4) is 0 Å². The number of ether oxygens (including phenoxy) is 1. The van der Waals surface area contributed by atoms with Gasteiger partial charge in [0.2, 0.25) is 0 Å². The maximum absolute atomic E-state index is 11.8. The number of carboxylic acid groups (broad SMARTS) is 1. The molecule has 0 atom stereocenters. The second kappa shape index (κ2) is 5.99. The zero-order chi connectivity index (χ0) is 14.8. The van der Waals surface area contributed by atoms with Crippen LogP contribution in [-0.2, 0) is 16.1 Å². The van der Waals surface area contributed by atoms with Gasteiger partial charge in [-0.2, -0.15) is 0 Å². The Labute approximate surface area is 125 Å². The van der Waals surface area contributed by atoms with Crippen LogP contribution >= 0.6 is 22.9 Å². The Morgan fingerprint density at radius 3 is 2.80 bits per heavy atom. The molecule has 8 heteroatoms. The number of thiophene rings is 1. The molecule has 0 bridgehead atoms. The smallest absolute Gasteiger partial charge is 0.329 e. The van der Waals surface area contributed by atoms with Gasteiger partial charge < -0.3 is 20.1 Å². The summed E-state index contributed by atoms with van der Waals surface area (Å²) in [4.78, 5) is 24.8. The first-order valence-corrected chi connectivity index (χ1v) is 7.20. The molecule has 20 heavy (non-hydrogen) atoms. The van der Waals surface area contributed by atoms with Gasteiger partial charge in [0.05, 0.1) is 24.0 Å². The number of hydrogen-bond acceptors (Lipinski definition) is 4. The molecule has 2 N–H and O–H groups in total. The first kappa shape index (κ1) is 15.1. The summed E-state index contributed by atoms with van der Waals surface area (Å²) < 4.78 is 5.92. The Kier molecular flexibility index (Phi) is 4.52. The minimum Gasteiger partial charge on any atom is -0.480 e. The van der Waals surface area contributed by atoms with Gasteiger partial charge >= 0.3 is 12.0 Å². The molecular formula is C12H15ClN2O4S. The number of carbonyl (C=O) groups is 2. The quantitative estimate of drug-likeness (QED) is 0.867. The maximum atomic E-state index is 11.8. The van der Waals surface area contributed by atoms with Crippen molar-refractivity contribution in [3.8, 4) is 0 Å². The molecule has 1 aliphatic heterocycles. The van der Waals surface area contributed by atoms with Crippen LogP contribution in [0.4, 0.5) is 4.79 Å². The molecule has 6 nitrogen and oxygen atoms in total. The normalized spacial score (nSPS) is 16.6. The van der Waals surface area contributed by atoms with E-state index in [4.69, 9.17) is 21.4 Å². The van der Waals surface area contributed by atoms with Crippen molar-refractivity contribution in [1.29, 1.82) is 0 Å². The van der Waals surface area contributed by atoms with Crippen molar-refractivity contribution in [3.05, 3.63) is 21.3 Å². The highest BCUT2D eigenvalue weighted by atomic mass is 35.5. The van der Waals surface area contributed by atoms with E-state index in [9.17, 15) is 9.59 Å². The number of hydrogen-bond donors (Lipinski definition) is 2. The zero-order valence-electron chi connectivity index (χ0n) is 10.9. The van der Waals surface area contributed by atoms with E-state index in [2.05, 4.69) is 5.32 Å². The molecule has 0 radical (unpaired) electrons. The van der Waals surface area contributed by atoms with Crippen LogP contribution in [0.25, 0.3) is 0 Å². The van der Waals surface area contributed by atoms with E-state index < -0.39 is 11.6 Å². The lowest BCUT2D eigenvalue weighted by Crippen LogP contribution is -2.65. The molecule has 1 saturated heterocycles. The van der Waals surface area contributed by atoms with Gasteiger partial charge in [-0.25, -0.2) is 9.59 Å². The third kappa shape index (κ3) is 3.84. The molecule has 110 valence electrons. The highest BCUT2D eigenvalue weighted by Crippen LogP contribution is 2.25. The second-order valence-corrected chi connectivity index (χ2v) is 6.65. The van der Waals surface area contributed by atoms with Crippen LogP contribution in [0.15, 0.2) is 12.1 Å². The summed E-state index contributed by atoms with van der Waals surface area (Å²) in [7, 11) is 0. The lowest BCUT2D eigenvalue weighted by atomic mass is 9.97. The topological polar surface area (TPSA) is 78.9 Å². The molecule has 2 amide bonds. The summed E-state index contributed by atoms with van der Waals surface area (Å²) in [5.74, 6) is -1.01. The first-order valence-electron chi connectivity index (χ1n) is 6.01. The zero-order valence-corrected chi connectivity index (χ0v) is 12.5. The van der Waals surface area contributed by atoms with E-state index in [0.29, 0.717) is 24.0 Å². The lowest BCUT2D eigenvalue weighted by molar-refractivity contribution is -0.159. The standard InChI is InChI=1S/C12H15ClN2O4S/c1-12(19-5-10(16)17)6-15(7-12)11(18)14-4-8-2-3-9(13)20-8/h2-3H,4-7H2,1H3,(H,14,18)(H,16,17). The van der Waals surface area contributed by atoms with E-state index in [1.807, 2.05) is 6.07 Å². The van der Waals surface area contributed by atoms with Crippen molar-refractivity contribution >= 4 is 34.9 Å². The van der Waals surface area contributed by atoms with Gasteiger partial charge in [0.25, 0.3) is 0 Å². The molecular weight excluding hydrogens is 304 g/mol. The van der Waals surface area contributed by atoms with Crippen LogP contribution in [0.2, 0.25) is 4.34 Å². The molecule has 0 aromatic carbocycles. The maximum Gasteiger partial charge on any atom is 0.329 e. The highest BCUT2D eigenvalue weighted by molar-refractivity contribution is 7.16. The van der Waals surface area contributed by atoms with Crippen molar-refractivity contribution in [2.75, 3.05) is 19.7 Å². The molecule has 0 unspecified atom stereocenters. The molecule has 0 saturated carbocycles. The molecule has 0 spiro atoms. The molecule has 1 fully saturated rings. The second-order valence-electron chi connectivity index (χ2n) is 4.85. The number of urea groups is 1. The predicted molar refractivity (Wildman–Crippen MR) is 75.1 cm³/mol. The number of nitrogens with zero attached hydrogens (tertiary/aromatic N) is 1. The predicted octanol–water partition coefficient (Wildman–Crippen LogP) is 1.79. The number of halogens is 1. The summed E-state index contributed by atoms with van der Waals surface area (Å²) in [5, 5.41) is 11.3. The SMILES string of the molecule is CC1(OCC(=O)O)CN(C(=O)NCc2ccc(Cl)s2)C1. The summed E-state index contributed by atoms with van der Waals surface area (Å²) in [6.07, 6.45) is 0. The average Bonchev–Trinajstić information content (AvgIpc) is 2.76. The summed E-state index contributed by atoms with van der Waals surface area (Å²) in [6, 6.07) is 3.46.